The van der Waals surface area contributed by atoms with Crippen LogP contribution in [0.15, 0.2) is 60.9 Å². The highest BCUT2D eigenvalue weighted by atomic mass is 16.1. The molecule has 1 aromatic heterocycles. The number of piperazine rings is 1. The van der Waals surface area contributed by atoms with Crippen LogP contribution in [0.3, 0.4) is 0 Å². The minimum absolute atomic E-state index is 0.00101. The molecule has 152 valence electrons. The quantitative estimate of drug-likeness (QED) is 0.680. The van der Waals surface area contributed by atoms with Gasteiger partial charge in [0.2, 0.25) is 11.7 Å². The number of nitriles is 1. The van der Waals surface area contributed by atoms with Crippen LogP contribution < -0.4 is 10.2 Å². The number of aromatic nitrogens is 3. The van der Waals surface area contributed by atoms with E-state index < -0.39 is 0 Å². The highest BCUT2D eigenvalue weighted by molar-refractivity contribution is 5.90. The summed E-state index contributed by atoms with van der Waals surface area (Å²) in [4.78, 5) is 17.0. The summed E-state index contributed by atoms with van der Waals surface area (Å²) in [5.41, 5.74) is 3.22. The van der Waals surface area contributed by atoms with Gasteiger partial charge in [-0.2, -0.15) is 5.26 Å². The first-order valence-electron chi connectivity index (χ1n) is 9.90. The second-order valence-electron chi connectivity index (χ2n) is 7.24. The molecule has 0 unspecified atom stereocenters. The van der Waals surface area contributed by atoms with Crippen LogP contribution in [0.1, 0.15) is 11.4 Å². The third-order valence-electron chi connectivity index (χ3n) is 5.17. The predicted molar refractivity (Wildman–Crippen MR) is 114 cm³/mol. The van der Waals surface area contributed by atoms with Gasteiger partial charge in [-0.1, -0.05) is 30.3 Å². The van der Waals surface area contributed by atoms with Crippen LogP contribution in [0.5, 0.6) is 0 Å². The molecule has 30 heavy (non-hydrogen) atoms. The first-order valence-corrected chi connectivity index (χ1v) is 9.90. The first kappa shape index (κ1) is 19.6. The summed E-state index contributed by atoms with van der Waals surface area (Å²) < 4.78 is 1.42. The molecule has 0 aliphatic carbocycles. The molecule has 1 aliphatic heterocycles. The van der Waals surface area contributed by atoms with E-state index in [9.17, 15) is 4.79 Å². The molecule has 1 fully saturated rings. The zero-order valence-corrected chi connectivity index (χ0v) is 16.6. The van der Waals surface area contributed by atoms with Crippen LogP contribution in [-0.2, 0) is 17.9 Å². The van der Waals surface area contributed by atoms with Crippen LogP contribution in [0.2, 0.25) is 0 Å². The van der Waals surface area contributed by atoms with E-state index in [4.69, 9.17) is 5.26 Å². The van der Waals surface area contributed by atoms with Crippen molar-refractivity contribution in [1.29, 1.82) is 5.26 Å². The number of hydrogen-bond acceptors (Lipinski definition) is 6. The van der Waals surface area contributed by atoms with Crippen molar-refractivity contribution in [3.63, 3.8) is 0 Å². The third kappa shape index (κ3) is 4.82. The lowest BCUT2D eigenvalue weighted by Crippen LogP contribution is -2.45. The molecule has 4 rings (SSSR count). The number of nitrogens with zero attached hydrogens (tertiary/aromatic N) is 6. The van der Waals surface area contributed by atoms with Gasteiger partial charge in [0.05, 0.1) is 0 Å². The van der Waals surface area contributed by atoms with Gasteiger partial charge in [-0.05, 0) is 29.8 Å². The molecule has 2 aromatic carbocycles. The zero-order chi connectivity index (χ0) is 20.8. The number of anilines is 2. The Hall–Kier alpha value is -3.70. The van der Waals surface area contributed by atoms with Crippen LogP contribution >= 0.6 is 0 Å². The Morgan fingerprint density at radius 2 is 1.77 bits per heavy atom. The maximum Gasteiger partial charge on any atom is 0.244 e. The minimum atomic E-state index is -0.228. The fourth-order valence-electron chi connectivity index (χ4n) is 3.57. The van der Waals surface area contributed by atoms with E-state index in [1.807, 2.05) is 36.4 Å². The van der Waals surface area contributed by atoms with Gasteiger partial charge < -0.3 is 10.2 Å². The van der Waals surface area contributed by atoms with E-state index in [1.165, 1.54) is 16.5 Å². The SMILES string of the molecule is N#Cc1nncn1CC(=O)Nc1ccc(N2CCN(Cc3ccccc3)CC2)cc1. The number of carbonyl (C=O) groups excluding carboxylic acids is 1. The summed E-state index contributed by atoms with van der Waals surface area (Å²) >= 11 is 0. The Balaban J connectivity index is 1.28. The summed E-state index contributed by atoms with van der Waals surface area (Å²) in [6.07, 6.45) is 1.37. The van der Waals surface area contributed by atoms with Gasteiger partial charge in [-0.25, -0.2) is 0 Å². The van der Waals surface area contributed by atoms with Crippen molar-refractivity contribution in [3.05, 3.63) is 72.3 Å². The van der Waals surface area contributed by atoms with Gasteiger partial charge in [0.1, 0.15) is 18.9 Å². The molecule has 1 aliphatic rings. The van der Waals surface area contributed by atoms with Gasteiger partial charge in [0.15, 0.2) is 0 Å². The number of hydrogen-bond donors (Lipinski definition) is 1. The van der Waals surface area contributed by atoms with Crippen molar-refractivity contribution in [1.82, 2.24) is 19.7 Å². The van der Waals surface area contributed by atoms with Gasteiger partial charge in [0.25, 0.3) is 0 Å². The Labute approximate surface area is 175 Å². The molecule has 8 nitrogen and oxygen atoms in total. The highest BCUT2D eigenvalue weighted by Gasteiger charge is 2.17. The Bertz CT molecular complexity index is 1020. The van der Waals surface area contributed by atoms with E-state index in [-0.39, 0.29) is 18.3 Å². The monoisotopic (exact) mass is 401 g/mol. The molecule has 1 saturated heterocycles. The molecular formula is C22H23N7O. The molecule has 0 atom stereocenters. The Morgan fingerprint density at radius 1 is 1.03 bits per heavy atom. The fourth-order valence-corrected chi connectivity index (χ4v) is 3.57. The predicted octanol–water partition coefficient (Wildman–Crippen LogP) is 2.11. The van der Waals surface area contributed by atoms with Crippen molar-refractivity contribution in [2.24, 2.45) is 0 Å². The number of carbonyl (C=O) groups is 1. The Morgan fingerprint density at radius 3 is 2.47 bits per heavy atom. The van der Waals surface area contributed by atoms with Crippen LogP contribution in [0.25, 0.3) is 0 Å². The summed E-state index contributed by atoms with van der Waals surface area (Å²) in [6, 6.07) is 20.3. The maximum atomic E-state index is 12.2. The van der Waals surface area contributed by atoms with Gasteiger partial charge in [-0.15, -0.1) is 10.2 Å². The minimum Gasteiger partial charge on any atom is -0.369 e. The lowest BCUT2D eigenvalue weighted by atomic mass is 10.2. The molecule has 0 spiro atoms. The van der Waals surface area contributed by atoms with Crippen LogP contribution in [0, 0.1) is 11.3 Å². The summed E-state index contributed by atoms with van der Waals surface area (Å²) in [5.74, 6) is -0.111. The molecule has 0 bridgehead atoms. The number of amides is 1. The zero-order valence-electron chi connectivity index (χ0n) is 16.6. The van der Waals surface area contributed by atoms with Crippen molar-refractivity contribution >= 4 is 17.3 Å². The van der Waals surface area contributed by atoms with E-state index in [1.54, 1.807) is 0 Å². The van der Waals surface area contributed by atoms with Crippen LogP contribution in [-0.4, -0.2) is 51.8 Å². The van der Waals surface area contributed by atoms with E-state index in [0.29, 0.717) is 0 Å². The number of nitrogens with one attached hydrogen (secondary N) is 1. The van der Waals surface area contributed by atoms with Crippen molar-refractivity contribution in [3.8, 4) is 6.07 Å². The highest BCUT2D eigenvalue weighted by Crippen LogP contribution is 2.20. The van der Waals surface area contributed by atoms with Gasteiger partial charge >= 0.3 is 0 Å². The summed E-state index contributed by atoms with van der Waals surface area (Å²) in [5, 5.41) is 19.1. The summed E-state index contributed by atoms with van der Waals surface area (Å²) in [7, 11) is 0. The normalized spacial score (nSPS) is 14.3. The Kier molecular flexibility index (Phi) is 6.01. The van der Waals surface area contributed by atoms with E-state index >= 15 is 0 Å². The molecule has 8 heteroatoms. The number of benzene rings is 2. The van der Waals surface area contributed by atoms with Crippen molar-refractivity contribution in [2.45, 2.75) is 13.1 Å². The molecule has 0 radical (unpaired) electrons. The van der Waals surface area contributed by atoms with E-state index in [2.05, 4.69) is 49.6 Å². The molecule has 1 N–H and O–H groups in total. The molecule has 2 heterocycles. The average Bonchev–Trinajstić information content (AvgIpc) is 3.22. The smallest absolute Gasteiger partial charge is 0.244 e. The second kappa shape index (κ2) is 9.20. The van der Waals surface area contributed by atoms with E-state index in [0.717, 1.165) is 44.1 Å². The van der Waals surface area contributed by atoms with Gasteiger partial charge in [0, 0.05) is 44.1 Å². The largest absolute Gasteiger partial charge is 0.369 e. The molecular weight excluding hydrogens is 378 g/mol. The number of rotatable bonds is 6. The van der Waals surface area contributed by atoms with Gasteiger partial charge in [-0.3, -0.25) is 14.3 Å². The second-order valence-corrected chi connectivity index (χ2v) is 7.24. The van der Waals surface area contributed by atoms with Crippen LogP contribution in [0.4, 0.5) is 11.4 Å². The van der Waals surface area contributed by atoms with Crippen molar-refractivity contribution < 1.29 is 4.79 Å². The topological polar surface area (TPSA) is 90.1 Å². The lowest BCUT2D eigenvalue weighted by molar-refractivity contribution is -0.116. The molecule has 0 saturated carbocycles. The fraction of sp³-hybridized carbons (Fsp3) is 0.273. The average molecular weight is 401 g/mol. The van der Waals surface area contributed by atoms with Crippen molar-refractivity contribution in [2.75, 3.05) is 36.4 Å². The first-order chi connectivity index (χ1) is 14.7. The standard InChI is InChI=1S/C22H23N7O/c23-14-21-26-24-17-29(21)16-22(30)25-19-6-8-20(9-7-19)28-12-10-27(11-13-28)15-18-4-2-1-3-5-18/h1-9,17H,10-13,15-16H2,(H,25,30). The third-order valence-corrected chi connectivity index (χ3v) is 5.17. The molecule has 1 amide bonds. The maximum absolute atomic E-state index is 12.2. The lowest BCUT2D eigenvalue weighted by Gasteiger charge is -2.36. The molecule has 3 aromatic rings. The summed E-state index contributed by atoms with van der Waals surface area (Å²) in [6.45, 7) is 4.98.